The second-order valence-corrected chi connectivity index (χ2v) is 7.09. The zero-order chi connectivity index (χ0) is 17.4. The van der Waals surface area contributed by atoms with Gasteiger partial charge in [0.15, 0.2) is 0 Å². The van der Waals surface area contributed by atoms with E-state index in [-0.39, 0.29) is 18.1 Å². The smallest absolute Gasteiger partial charge is 0.256 e. The van der Waals surface area contributed by atoms with E-state index in [1.807, 2.05) is 49.5 Å². The van der Waals surface area contributed by atoms with Gasteiger partial charge in [0.1, 0.15) is 0 Å². The van der Waals surface area contributed by atoms with Gasteiger partial charge in [-0.05, 0) is 36.1 Å². The van der Waals surface area contributed by atoms with Crippen LogP contribution in [0.4, 0.5) is 0 Å². The van der Waals surface area contributed by atoms with E-state index < -0.39 is 5.41 Å². The molecule has 128 valence electrons. The molecule has 0 saturated carbocycles. The number of hydrogen-bond acceptors (Lipinski definition) is 4. The summed E-state index contributed by atoms with van der Waals surface area (Å²) in [6.45, 7) is 2.52. The number of β-amino-alcohol motifs (C(OH)–C–C–N with tert-alkyl or cyclic N) is 1. The van der Waals surface area contributed by atoms with Crippen molar-refractivity contribution < 1.29 is 9.90 Å². The Morgan fingerprint density at radius 1 is 1.20 bits per heavy atom. The van der Waals surface area contributed by atoms with Crippen LogP contribution in [0.5, 0.6) is 0 Å². The molecule has 1 amide bonds. The number of nitrogens with one attached hydrogen (secondary N) is 1. The first-order chi connectivity index (χ1) is 12.1. The Hall–Kier alpha value is -2.37. The maximum Gasteiger partial charge on any atom is 0.256 e. The summed E-state index contributed by atoms with van der Waals surface area (Å²) >= 11 is 0. The number of nitrogens with zero attached hydrogens (tertiary/aromatic N) is 2. The summed E-state index contributed by atoms with van der Waals surface area (Å²) in [6.07, 6.45) is 4.46. The minimum atomic E-state index is -0.627. The van der Waals surface area contributed by atoms with Gasteiger partial charge in [-0.1, -0.05) is 30.3 Å². The van der Waals surface area contributed by atoms with E-state index in [2.05, 4.69) is 15.3 Å². The van der Waals surface area contributed by atoms with Crippen LogP contribution in [-0.2, 0) is 10.2 Å². The van der Waals surface area contributed by atoms with Crippen molar-refractivity contribution in [3.8, 4) is 11.1 Å². The molecule has 2 aliphatic rings. The Labute approximate surface area is 146 Å². The fourth-order valence-electron chi connectivity index (χ4n) is 3.69. The zero-order valence-electron chi connectivity index (χ0n) is 14.1. The predicted molar refractivity (Wildman–Crippen MR) is 96.5 cm³/mol. The summed E-state index contributed by atoms with van der Waals surface area (Å²) in [5.41, 5.74) is 3.34. The Kier molecular flexibility index (Phi) is 3.98. The summed E-state index contributed by atoms with van der Waals surface area (Å²) in [7, 11) is 0. The zero-order valence-corrected chi connectivity index (χ0v) is 14.1. The Morgan fingerprint density at radius 2 is 2.00 bits per heavy atom. The summed E-state index contributed by atoms with van der Waals surface area (Å²) in [5, 5.41) is 13.0. The van der Waals surface area contributed by atoms with Gasteiger partial charge in [0, 0.05) is 37.1 Å². The topological polar surface area (TPSA) is 74.6 Å². The molecule has 1 aromatic heterocycles. The number of aliphatic hydroxyl groups is 1. The van der Waals surface area contributed by atoms with Gasteiger partial charge in [-0.2, -0.15) is 0 Å². The summed E-state index contributed by atoms with van der Waals surface area (Å²) in [6, 6.07) is 12.0. The van der Waals surface area contributed by atoms with Gasteiger partial charge >= 0.3 is 0 Å². The molecule has 3 heterocycles. The lowest BCUT2D eigenvalue weighted by atomic mass is 9.78. The highest BCUT2D eigenvalue weighted by Gasteiger charge is 2.44. The minimum Gasteiger partial charge on any atom is -0.392 e. The minimum absolute atomic E-state index is 0.00967. The van der Waals surface area contributed by atoms with Crippen LogP contribution in [0, 0.1) is 0 Å². The number of hydrogen-bond donors (Lipinski definition) is 2. The number of rotatable bonds is 3. The second kappa shape index (κ2) is 6.17. The molecule has 25 heavy (non-hydrogen) atoms. The van der Waals surface area contributed by atoms with Crippen LogP contribution < -0.4 is 5.32 Å². The largest absolute Gasteiger partial charge is 0.392 e. The van der Waals surface area contributed by atoms with Crippen molar-refractivity contribution >= 4 is 11.6 Å². The van der Waals surface area contributed by atoms with Crippen LogP contribution in [0.25, 0.3) is 11.1 Å². The summed E-state index contributed by atoms with van der Waals surface area (Å²) in [4.78, 5) is 21.1. The number of amides is 1. The maximum absolute atomic E-state index is 12.6. The molecule has 0 radical (unpaired) electrons. The SMILES string of the molecule is CC1(c2ccc(-c3cccnc3)cc2)CC(C2C[C@@H](O)CN2)=NC1=O. The molecular weight excluding hydrogens is 314 g/mol. The highest BCUT2D eigenvalue weighted by molar-refractivity contribution is 6.10. The van der Waals surface area contributed by atoms with Gasteiger partial charge in [0.2, 0.25) is 0 Å². The molecule has 3 atom stereocenters. The van der Waals surface area contributed by atoms with Crippen LogP contribution in [0.1, 0.15) is 25.3 Å². The van der Waals surface area contributed by atoms with Crippen LogP contribution in [0.2, 0.25) is 0 Å². The van der Waals surface area contributed by atoms with Crippen molar-refractivity contribution in [2.75, 3.05) is 6.54 Å². The van der Waals surface area contributed by atoms with Gasteiger partial charge in [0.25, 0.3) is 5.91 Å². The van der Waals surface area contributed by atoms with Gasteiger partial charge in [-0.15, -0.1) is 0 Å². The maximum atomic E-state index is 12.6. The molecule has 0 spiro atoms. The number of pyridine rings is 1. The van der Waals surface area contributed by atoms with Crippen molar-refractivity contribution in [1.82, 2.24) is 10.3 Å². The van der Waals surface area contributed by atoms with E-state index in [4.69, 9.17) is 0 Å². The quantitative estimate of drug-likeness (QED) is 0.901. The average Bonchev–Trinajstić information content (AvgIpc) is 3.20. The summed E-state index contributed by atoms with van der Waals surface area (Å²) in [5.74, 6) is -0.0974. The monoisotopic (exact) mass is 335 g/mol. The van der Waals surface area contributed by atoms with Gasteiger partial charge in [-0.25, -0.2) is 4.99 Å². The van der Waals surface area contributed by atoms with E-state index in [1.54, 1.807) is 6.20 Å². The number of aromatic nitrogens is 1. The first-order valence-corrected chi connectivity index (χ1v) is 8.60. The van der Waals surface area contributed by atoms with Gasteiger partial charge in [-0.3, -0.25) is 9.78 Å². The molecule has 5 heteroatoms. The van der Waals surface area contributed by atoms with E-state index in [0.29, 0.717) is 19.4 Å². The molecule has 2 aliphatic heterocycles. The second-order valence-electron chi connectivity index (χ2n) is 7.09. The van der Waals surface area contributed by atoms with Crippen LogP contribution in [0.3, 0.4) is 0 Å². The first kappa shape index (κ1) is 16.1. The van der Waals surface area contributed by atoms with E-state index in [9.17, 15) is 9.90 Å². The van der Waals surface area contributed by atoms with Gasteiger partial charge < -0.3 is 10.4 Å². The third kappa shape index (κ3) is 2.90. The van der Waals surface area contributed by atoms with Crippen molar-refractivity contribution in [1.29, 1.82) is 0 Å². The number of benzene rings is 1. The average molecular weight is 335 g/mol. The lowest BCUT2D eigenvalue weighted by Crippen LogP contribution is -2.33. The molecule has 0 bridgehead atoms. The predicted octanol–water partition coefficient (Wildman–Crippen LogP) is 2.10. The van der Waals surface area contributed by atoms with E-state index in [0.717, 1.165) is 22.4 Å². The van der Waals surface area contributed by atoms with Crippen LogP contribution in [0.15, 0.2) is 53.8 Å². The van der Waals surface area contributed by atoms with Crippen molar-refractivity contribution in [2.45, 2.75) is 37.3 Å². The lowest BCUT2D eigenvalue weighted by molar-refractivity contribution is -0.121. The normalized spacial score (nSPS) is 29.0. The Balaban J connectivity index is 1.56. The fourth-order valence-corrected chi connectivity index (χ4v) is 3.69. The lowest BCUT2D eigenvalue weighted by Gasteiger charge is -2.22. The number of aliphatic imine (C=N–C) groups is 1. The molecule has 2 N–H and O–H groups in total. The van der Waals surface area contributed by atoms with Crippen LogP contribution >= 0.6 is 0 Å². The number of aliphatic hydroxyl groups excluding tert-OH is 1. The molecule has 0 aliphatic carbocycles. The third-order valence-corrected chi connectivity index (χ3v) is 5.28. The fraction of sp³-hybridized carbons (Fsp3) is 0.350. The summed E-state index contributed by atoms with van der Waals surface area (Å²) < 4.78 is 0. The van der Waals surface area contributed by atoms with Crippen molar-refractivity contribution in [3.05, 3.63) is 54.4 Å². The number of carbonyl (C=O) groups is 1. The first-order valence-electron chi connectivity index (χ1n) is 8.60. The van der Waals surface area contributed by atoms with Crippen molar-refractivity contribution in [2.24, 2.45) is 4.99 Å². The van der Waals surface area contributed by atoms with Gasteiger partial charge in [0.05, 0.1) is 11.5 Å². The van der Waals surface area contributed by atoms with Crippen molar-refractivity contribution in [3.63, 3.8) is 0 Å². The highest BCUT2D eigenvalue weighted by Crippen LogP contribution is 2.36. The molecule has 4 rings (SSSR count). The molecule has 1 saturated heterocycles. The van der Waals surface area contributed by atoms with E-state index >= 15 is 0 Å². The standard InChI is InChI=1S/C20H21N3O2/c1-20(10-18(23-19(20)25)17-9-16(24)12-22-17)15-6-4-13(5-7-15)14-3-2-8-21-11-14/h2-8,11,16-17,22,24H,9-10,12H2,1H3/t16-,17?,20?/m1/s1. The Bertz CT molecular complexity index is 817. The molecule has 1 aromatic carbocycles. The molecule has 5 nitrogen and oxygen atoms in total. The third-order valence-electron chi connectivity index (χ3n) is 5.28. The highest BCUT2D eigenvalue weighted by atomic mass is 16.3. The molecule has 2 unspecified atom stereocenters. The molecule has 1 fully saturated rings. The Morgan fingerprint density at radius 3 is 2.64 bits per heavy atom. The number of carbonyl (C=O) groups excluding carboxylic acids is 1. The molecule has 2 aromatic rings. The molecular formula is C20H21N3O2. The van der Waals surface area contributed by atoms with E-state index in [1.165, 1.54) is 0 Å². The van der Waals surface area contributed by atoms with Crippen LogP contribution in [-0.4, -0.2) is 40.4 Å².